The molecule has 1 rings (SSSR count). The Morgan fingerprint density at radius 3 is 2.73 bits per heavy atom. The second-order valence-corrected chi connectivity index (χ2v) is 5.01. The Bertz CT molecular complexity index is 93.7. The Labute approximate surface area is 79.5 Å². The van der Waals surface area contributed by atoms with Crippen molar-refractivity contribution in [3.8, 4) is 0 Å². The molecule has 1 aliphatic rings. The monoisotopic (exact) mass is 216 g/mol. The molecule has 0 aliphatic carbocycles. The van der Waals surface area contributed by atoms with Crippen LogP contribution in [0.2, 0.25) is 12.1 Å². The molecule has 0 aromatic rings. The van der Waals surface area contributed by atoms with Crippen LogP contribution in [-0.4, -0.2) is 12.1 Å². The maximum atomic E-state index is 3.77. The molecule has 0 nitrogen and oxygen atoms in total. The smallest absolute Gasteiger partial charge is 0.0895 e. The lowest BCUT2D eigenvalue weighted by atomic mass is 9.60. The van der Waals surface area contributed by atoms with E-state index in [0.29, 0.717) is 0 Å². The molecule has 2 atom stereocenters. The molecule has 1 saturated heterocycles. The molecule has 0 N–H and O–H groups in total. The van der Waals surface area contributed by atoms with Gasteiger partial charge >= 0.3 is 0 Å². The van der Waals surface area contributed by atoms with Crippen LogP contribution in [-0.2, 0) is 0 Å². The van der Waals surface area contributed by atoms with E-state index in [9.17, 15) is 0 Å². The molecule has 1 aliphatic heterocycles. The Kier molecular flexibility index (Phi) is 4.59. The summed E-state index contributed by atoms with van der Waals surface area (Å²) in [6.45, 7) is 2.38. The van der Waals surface area contributed by atoms with Gasteiger partial charge < -0.3 is 0 Å². The van der Waals surface area contributed by atoms with E-state index in [4.69, 9.17) is 0 Å². The molecule has 2 heteroatoms. The first kappa shape index (κ1) is 9.63. The minimum absolute atomic E-state index is 0.792. The molecular formula is C9H18BBr. The summed E-state index contributed by atoms with van der Waals surface area (Å²) in [7, 11) is 1.43. The molecule has 64 valence electrons. The average molecular weight is 217 g/mol. The van der Waals surface area contributed by atoms with Gasteiger partial charge in [-0.1, -0.05) is 60.7 Å². The van der Waals surface area contributed by atoms with Gasteiger partial charge in [0, 0.05) is 4.83 Å². The fourth-order valence-corrected chi connectivity index (χ4v) is 2.39. The lowest BCUT2D eigenvalue weighted by Gasteiger charge is -2.15. The second-order valence-electron chi connectivity index (χ2n) is 3.84. The van der Waals surface area contributed by atoms with E-state index in [1.54, 1.807) is 0 Å². The fraction of sp³-hybridized carbons (Fsp3) is 1.00. The minimum atomic E-state index is 0.792. The van der Waals surface area contributed by atoms with Gasteiger partial charge in [0.25, 0.3) is 0 Å². The first-order valence-electron chi connectivity index (χ1n) is 4.95. The van der Waals surface area contributed by atoms with E-state index in [1.807, 2.05) is 0 Å². The van der Waals surface area contributed by atoms with E-state index in [-0.39, 0.29) is 0 Å². The molecule has 0 aromatic carbocycles. The summed E-state index contributed by atoms with van der Waals surface area (Å²) in [5.41, 5.74) is 0. The van der Waals surface area contributed by atoms with Crippen LogP contribution in [0.3, 0.4) is 0 Å². The van der Waals surface area contributed by atoms with Crippen LogP contribution >= 0.6 is 15.9 Å². The Morgan fingerprint density at radius 1 is 1.18 bits per heavy atom. The highest BCUT2D eigenvalue weighted by Gasteiger charge is 2.15. The lowest BCUT2D eigenvalue weighted by Crippen LogP contribution is -2.10. The van der Waals surface area contributed by atoms with Crippen molar-refractivity contribution < 1.29 is 0 Å². The number of hydrogen-bond acceptors (Lipinski definition) is 0. The largest absolute Gasteiger partial charge is 0.125 e. The van der Waals surface area contributed by atoms with Gasteiger partial charge in [-0.15, -0.1) is 0 Å². The van der Waals surface area contributed by atoms with E-state index in [2.05, 4.69) is 22.9 Å². The first-order chi connectivity index (χ1) is 5.30. The summed E-state index contributed by atoms with van der Waals surface area (Å²) in [6.07, 6.45) is 8.65. The summed E-state index contributed by atoms with van der Waals surface area (Å²) >= 11 is 3.77. The molecule has 0 spiro atoms. The zero-order valence-electron chi connectivity index (χ0n) is 7.48. The molecule has 0 radical (unpaired) electrons. The van der Waals surface area contributed by atoms with Gasteiger partial charge in [-0.3, -0.25) is 0 Å². The molecule has 1 heterocycles. The van der Waals surface area contributed by atoms with Gasteiger partial charge in [-0.05, 0) is 6.42 Å². The first-order valence-corrected chi connectivity index (χ1v) is 5.86. The Hall–Kier alpha value is 0.545. The van der Waals surface area contributed by atoms with Gasteiger partial charge in [0.1, 0.15) is 7.28 Å². The Balaban J connectivity index is 2.29. The van der Waals surface area contributed by atoms with E-state index in [0.717, 1.165) is 10.6 Å². The number of alkyl halides is 1. The number of rotatable bonds is 0. The van der Waals surface area contributed by atoms with Crippen molar-refractivity contribution in [2.75, 3.05) is 0 Å². The van der Waals surface area contributed by atoms with Gasteiger partial charge in [0.2, 0.25) is 0 Å². The van der Waals surface area contributed by atoms with E-state index in [1.165, 1.54) is 45.7 Å². The van der Waals surface area contributed by atoms with Crippen LogP contribution in [0.4, 0.5) is 0 Å². The van der Waals surface area contributed by atoms with Crippen LogP contribution < -0.4 is 0 Å². The summed E-state index contributed by atoms with van der Waals surface area (Å²) in [5.74, 6) is 0.896. The molecule has 2 unspecified atom stereocenters. The third-order valence-electron chi connectivity index (χ3n) is 2.76. The molecular weight excluding hydrogens is 199 g/mol. The molecule has 1 fully saturated rings. The van der Waals surface area contributed by atoms with Gasteiger partial charge in [-0.2, -0.15) is 0 Å². The molecule has 0 bridgehead atoms. The predicted molar refractivity (Wildman–Crippen MR) is 57.2 cm³/mol. The fourth-order valence-electron chi connectivity index (χ4n) is 1.80. The average Bonchev–Trinajstić information content (AvgIpc) is 2.07. The highest BCUT2D eigenvalue weighted by Crippen LogP contribution is 2.26. The third-order valence-corrected chi connectivity index (χ3v) is 4.12. The van der Waals surface area contributed by atoms with Crippen LogP contribution in [0.25, 0.3) is 0 Å². The van der Waals surface area contributed by atoms with Gasteiger partial charge in [0.05, 0.1) is 0 Å². The zero-order valence-corrected chi connectivity index (χ0v) is 9.07. The van der Waals surface area contributed by atoms with Gasteiger partial charge in [0.15, 0.2) is 0 Å². The molecule has 11 heavy (non-hydrogen) atoms. The standard InChI is InChI=1S/C9H18BBr/c1-8-9(11)6-4-2-3-5-7-10-8/h8-10H,2-7H2,1H3. The third kappa shape index (κ3) is 3.64. The summed E-state index contributed by atoms with van der Waals surface area (Å²) < 4.78 is 0. The van der Waals surface area contributed by atoms with Crippen molar-refractivity contribution >= 4 is 23.2 Å². The molecule has 0 aromatic heterocycles. The highest BCUT2D eigenvalue weighted by molar-refractivity contribution is 9.09. The van der Waals surface area contributed by atoms with Crippen molar-refractivity contribution in [3.05, 3.63) is 0 Å². The van der Waals surface area contributed by atoms with Crippen molar-refractivity contribution in [1.82, 2.24) is 0 Å². The summed E-state index contributed by atoms with van der Waals surface area (Å²) in [4.78, 5) is 0.792. The lowest BCUT2D eigenvalue weighted by molar-refractivity contribution is 0.626. The van der Waals surface area contributed by atoms with Gasteiger partial charge in [-0.25, -0.2) is 0 Å². The van der Waals surface area contributed by atoms with Crippen molar-refractivity contribution in [2.24, 2.45) is 0 Å². The maximum Gasteiger partial charge on any atom is 0.125 e. The second kappa shape index (κ2) is 5.24. The quantitative estimate of drug-likeness (QED) is 0.431. The van der Waals surface area contributed by atoms with Crippen LogP contribution in [0.5, 0.6) is 0 Å². The summed E-state index contributed by atoms with van der Waals surface area (Å²) in [6, 6.07) is 0. The maximum absolute atomic E-state index is 3.77. The number of hydrogen-bond donors (Lipinski definition) is 0. The summed E-state index contributed by atoms with van der Waals surface area (Å²) in [5, 5.41) is 0. The van der Waals surface area contributed by atoms with E-state index < -0.39 is 0 Å². The molecule has 0 amide bonds. The van der Waals surface area contributed by atoms with Crippen molar-refractivity contribution in [1.29, 1.82) is 0 Å². The minimum Gasteiger partial charge on any atom is -0.0895 e. The van der Waals surface area contributed by atoms with Crippen LogP contribution in [0.1, 0.15) is 39.0 Å². The Morgan fingerprint density at radius 2 is 1.91 bits per heavy atom. The highest BCUT2D eigenvalue weighted by atomic mass is 79.9. The molecule has 0 saturated carbocycles. The number of halogens is 1. The predicted octanol–water partition coefficient (Wildman–Crippen LogP) is 3.38. The van der Waals surface area contributed by atoms with Crippen LogP contribution in [0.15, 0.2) is 0 Å². The van der Waals surface area contributed by atoms with Crippen LogP contribution in [0, 0.1) is 0 Å². The van der Waals surface area contributed by atoms with Crippen molar-refractivity contribution in [3.63, 3.8) is 0 Å². The zero-order chi connectivity index (χ0) is 8.10. The SMILES string of the molecule is CC1BCCCCCCC1Br. The van der Waals surface area contributed by atoms with E-state index >= 15 is 0 Å². The van der Waals surface area contributed by atoms with Crippen molar-refractivity contribution in [2.45, 2.75) is 56.0 Å². The normalized spacial score (nSPS) is 34.7. The topological polar surface area (TPSA) is 0 Å².